The van der Waals surface area contributed by atoms with E-state index < -0.39 is 6.10 Å². The second-order valence-electron chi connectivity index (χ2n) is 2.85. The Kier molecular flexibility index (Phi) is 5.15. The summed E-state index contributed by atoms with van der Waals surface area (Å²) in [6.07, 6.45) is 1.31. The van der Waals surface area contributed by atoms with Crippen LogP contribution in [0.5, 0.6) is 0 Å². The molecule has 0 amide bonds. The van der Waals surface area contributed by atoms with Gasteiger partial charge in [0.2, 0.25) is 0 Å². The molecule has 1 aromatic carbocycles. The summed E-state index contributed by atoms with van der Waals surface area (Å²) in [5, 5.41) is 10.5. The number of benzene rings is 1. The highest BCUT2D eigenvalue weighted by molar-refractivity contribution is 9.09. The Labute approximate surface area is 96.8 Å². The summed E-state index contributed by atoms with van der Waals surface area (Å²) in [5.41, 5.74) is 0.983. The Bertz CT molecular complexity index is 299. The number of rotatable bonds is 4. The van der Waals surface area contributed by atoms with Crippen molar-refractivity contribution in [2.45, 2.75) is 6.10 Å². The Balaban J connectivity index is 2.48. The minimum atomic E-state index is -0.418. The van der Waals surface area contributed by atoms with Crippen LogP contribution in [0, 0.1) is 0 Å². The third kappa shape index (κ3) is 4.22. The fourth-order valence-corrected chi connectivity index (χ4v) is 1.21. The first-order valence-corrected chi connectivity index (χ1v) is 5.71. The summed E-state index contributed by atoms with van der Waals surface area (Å²) in [7, 11) is 0. The number of aliphatic hydroxyl groups is 1. The van der Waals surface area contributed by atoms with Gasteiger partial charge in [-0.15, -0.1) is 0 Å². The average molecular weight is 277 g/mol. The van der Waals surface area contributed by atoms with Crippen LogP contribution in [0.25, 0.3) is 0 Å². The lowest BCUT2D eigenvalue weighted by Crippen LogP contribution is -2.11. The summed E-state index contributed by atoms with van der Waals surface area (Å²) in [4.78, 5) is 4.09. The van der Waals surface area contributed by atoms with Crippen molar-refractivity contribution in [3.05, 3.63) is 34.9 Å². The van der Waals surface area contributed by atoms with E-state index in [-0.39, 0.29) is 0 Å². The van der Waals surface area contributed by atoms with E-state index in [4.69, 9.17) is 11.6 Å². The quantitative estimate of drug-likeness (QED) is 0.665. The fourth-order valence-electron chi connectivity index (χ4n) is 0.877. The van der Waals surface area contributed by atoms with E-state index in [0.717, 1.165) is 5.56 Å². The maximum Gasteiger partial charge on any atom is 0.0831 e. The van der Waals surface area contributed by atoms with Gasteiger partial charge in [0.1, 0.15) is 0 Å². The van der Waals surface area contributed by atoms with Crippen LogP contribution in [0.2, 0.25) is 5.02 Å². The molecule has 0 spiro atoms. The van der Waals surface area contributed by atoms with E-state index in [2.05, 4.69) is 20.9 Å². The molecule has 1 N–H and O–H groups in total. The molecule has 0 fully saturated rings. The molecule has 0 radical (unpaired) electrons. The Morgan fingerprint density at radius 3 is 2.64 bits per heavy atom. The van der Waals surface area contributed by atoms with Crippen molar-refractivity contribution in [1.82, 2.24) is 0 Å². The summed E-state index contributed by atoms with van der Waals surface area (Å²) in [5.74, 6) is 0. The second kappa shape index (κ2) is 6.17. The summed E-state index contributed by atoms with van der Waals surface area (Å²) in [6.45, 7) is 0.411. The highest BCUT2D eigenvalue weighted by Crippen LogP contribution is 2.07. The van der Waals surface area contributed by atoms with Crippen LogP contribution in [-0.4, -0.2) is 29.3 Å². The van der Waals surface area contributed by atoms with Gasteiger partial charge in [0.25, 0.3) is 0 Å². The van der Waals surface area contributed by atoms with E-state index in [0.29, 0.717) is 16.9 Å². The van der Waals surface area contributed by atoms with Crippen LogP contribution < -0.4 is 0 Å². The zero-order chi connectivity index (χ0) is 10.4. The van der Waals surface area contributed by atoms with Gasteiger partial charge < -0.3 is 5.11 Å². The van der Waals surface area contributed by atoms with Crippen molar-refractivity contribution in [3.8, 4) is 0 Å². The van der Waals surface area contributed by atoms with E-state index in [9.17, 15) is 5.11 Å². The molecule has 0 unspecified atom stereocenters. The van der Waals surface area contributed by atoms with Gasteiger partial charge in [0, 0.05) is 16.6 Å². The van der Waals surface area contributed by atoms with E-state index >= 15 is 0 Å². The highest BCUT2D eigenvalue weighted by Gasteiger charge is 1.97. The van der Waals surface area contributed by atoms with Gasteiger partial charge in [0.05, 0.1) is 12.6 Å². The lowest BCUT2D eigenvalue weighted by atomic mass is 10.2. The number of alkyl halides is 1. The van der Waals surface area contributed by atoms with Gasteiger partial charge in [-0.2, -0.15) is 0 Å². The normalized spacial score (nSPS) is 13.4. The molecule has 2 nitrogen and oxygen atoms in total. The van der Waals surface area contributed by atoms with Crippen LogP contribution in [-0.2, 0) is 0 Å². The topological polar surface area (TPSA) is 32.6 Å². The third-order valence-corrected chi connectivity index (χ3v) is 2.60. The van der Waals surface area contributed by atoms with Gasteiger partial charge in [0.15, 0.2) is 0 Å². The molecular formula is C10H11BrClNO. The first-order valence-electron chi connectivity index (χ1n) is 4.22. The van der Waals surface area contributed by atoms with Crippen molar-refractivity contribution < 1.29 is 5.11 Å². The monoisotopic (exact) mass is 275 g/mol. The van der Waals surface area contributed by atoms with Crippen LogP contribution >= 0.6 is 27.5 Å². The van der Waals surface area contributed by atoms with Crippen molar-refractivity contribution in [2.24, 2.45) is 4.99 Å². The molecule has 0 aliphatic rings. The Morgan fingerprint density at radius 1 is 1.43 bits per heavy atom. The van der Waals surface area contributed by atoms with Crippen LogP contribution in [0.3, 0.4) is 0 Å². The lowest BCUT2D eigenvalue weighted by Gasteiger charge is -2.00. The number of hydrogen-bond acceptors (Lipinski definition) is 2. The molecule has 1 aromatic rings. The third-order valence-electron chi connectivity index (χ3n) is 1.60. The smallest absolute Gasteiger partial charge is 0.0831 e. The molecule has 14 heavy (non-hydrogen) atoms. The molecule has 0 bridgehead atoms. The zero-order valence-electron chi connectivity index (χ0n) is 7.53. The van der Waals surface area contributed by atoms with E-state index in [1.807, 2.05) is 24.3 Å². The number of halogens is 2. The standard InChI is InChI=1S/C10H11BrClNO/c11-5-10(14)7-13-6-8-1-3-9(12)4-2-8/h1-4,6,10,14H,5,7H2/t10-/m1/s1. The molecule has 0 saturated carbocycles. The van der Waals surface area contributed by atoms with Crippen molar-refractivity contribution >= 4 is 33.7 Å². The fraction of sp³-hybridized carbons (Fsp3) is 0.300. The summed E-state index contributed by atoms with van der Waals surface area (Å²) in [6, 6.07) is 7.38. The second-order valence-corrected chi connectivity index (χ2v) is 3.94. The summed E-state index contributed by atoms with van der Waals surface area (Å²) < 4.78 is 0. The largest absolute Gasteiger partial charge is 0.390 e. The summed E-state index contributed by atoms with van der Waals surface area (Å²) >= 11 is 8.90. The molecule has 0 aromatic heterocycles. The molecule has 76 valence electrons. The first-order chi connectivity index (χ1) is 6.72. The van der Waals surface area contributed by atoms with E-state index in [1.54, 1.807) is 6.21 Å². The maximum atomic E-state index is 9.20. The molecular weight excluding hydrogens is 265 g/mol. The number of aliphatic imine (C=N–C) groups is 1. The first kappa shape index (κ1) is 11.7. The Hall–Kier alpha value is -0.380. The number of hydrogen-bond donors (Lipinski definition) is 1. The minimum absolute atomic E-state index is 0.411. The average Bonchev–Trinajstić information content (AvgIpc) is 2.21. The maximum absolute atomic E-state index is 9.20. The number of aliphatic hydroxyl groups excluding tert-OH is 1. The van der Waals surface area contributed by atoms with Crippen LogP contribution in [0.15, 0.2) is 29.3 Å². The van der Waals surface area contributed by atoms with Gasteiger partial charge in [-0.1, -0.05) is 39.7 Å². The molecule has 0 aliphatic heterocycles. The number of nitrogens with zero attached hydrogens (tertiary/aromatic N) is 1. The van der Waals surface area contributed by atoms with Gasteiger partial charge >= 0.3 is 0 Å². The molecule has 0 saturated heterocycles. The van der Waals surface area contributed by atoms with Gasteiger partial charge in [-0.25, -0.2) is 0 Å². The van der Waals surface area contributed by atoms with Gasteiger partial charge in [-0.3, -0.25) is 4.99 Å². The molecule has 0 aliphatic carbocycles. The van der Waals surface area contributed by atoms with Crippen LogP contribution in [0.4, 0.5) is 0 Å². The minimum Gasteiger partial charge on any atom is -0.390 e. The van der Waals surface area contributed by atoms with Crippen LogP contribution in [0.1, 0.15) is 5.56 Å². The predicted molar refractivity (Wildman–Crippen MR) is 63.7 cm³/mol. The van der Waals surface area contributed by atoms with Crippen molar-refractivity contribution in [1.29, 1.82) is 0 Å². The lowest BCUT2D eigenvalue weighted by molar-refractivity contribution is 0.210. The zero-order valence-corrected chi connectivity index (χ0v) is 9.87. The SMILES string of the molecule is O[C@H](CBr)CN=Cc1ccc(Cl)cc1. The molecule has 1 atom stereocenters. The van der Waals surface area contributed by atoms with Crippen molar-refractivity contribution in [2.75, 3.05) is 11.9 Å². The highest BCUT2D eigenvalue weighted by atomic mass is 79.9. The molecule has 4 heteroatoms. The predicted octanol–water partition coefficient (Wildman–Crippen LogP) is 2.51. The Morgan fingerprint density at radius 2 is 2.07 bits per heavy atom. The molecule has 1 rings (SSSR count). The van der Waals surface area contributed by atoms with E-state index in [1.165, 1.54) is 0 Å². The van der Waals surface area contributed by atoms with Crippen molar-refractivity contribution in [3.63, 3.8) is 0 Å². The van der Waals surface area contributed by atoms with Gasteiger partial charge in [-0.05, 0) is 17.7 Å². The molecule has 0 heterocycles.